The van der Waals surface area contributed by atoms with Gasteiger partial charge in [0.25, 0.3) is 0 Å². The second-order valence-electron chi connectivity index (χ2n) is 5.27. The molecule has 1 rings (SSSR count). The first-order chi connectivity index (χ1) is 8.15. The van der Waals surface area contributed by atoms with Crippen LogP contribution >= 0.6 is 0 Å². The summed E-state index contributed by atoms with van der Waals surface area (Å²) >= 11 is 0. The SMILES string of the molecule is CC(CO)CCCNC(=O)C1NCCCC1C. The summed E-state index contributed by atoms with van der Waals surface area (Å²) in [5.41, 5.74) is 0. The maximum absolute atomic E-state index is 11.9. The third-order valence-electron chi connectivity index (χ3n) is 3.54. The zero-order valence-electron chi connectivity index (χ0n) is 11.0. The van der Waals surface area contributed by atoms with Crippen LogP contribution in [0.2, 0.25) is 0 Å². The molecule has 1 amide bonds. The molecule has 0 radical (unpaired) electrons. The third kappa shape index (κ3) is 5.04. The van der Waals surface area contributed by atoms with Crippen LogP contribution in [0.25, 0.3) is 0 Å². The zero-order valence-corrected chi connectivity index (χ0v) is 11.0. The van der Waals surface area contributed by atoms with Gasteiger partial charge in [-0.05, 0) is 44.1 Å². The fourth-order valence-corrected chi connectivity index (χ4v) is 2.26. The molecule has 1 saturated heterocycles. The van der Waals surface area contributed by atoms with E-state index in [0.717, 1.165) is 25.8 Å². The van der Waals surface area contributed by atoms with Gasteiger partial charge in [0.15, 0.2) is 0 Å². The second kappa shape index (κ2) is 7.67. The number of carbonyl (C=O) groups excluding carboxylic acids is 1. The highest BCUT2D eigenvalue weighted by atomic mass is 16.3. The molecule has 100 valence electrons. The van der Waals surface area contributed by atoms with Crippen molar-refractivity contribution in [3.63, 3.8) is 0 Å². The van der Waals surface area contributed by atoms with Gasteiger partial charge in [-0.3, -0.25) is 4.79 Å². The van der Waals surface area contributed by atoms with E-state index < -0.39 is 0 Å². The zero-order chi connectivity index (χ0) is 12.7. The summed E-state index contributed by atoms with van der Waals surface area (Å²) in [7, 11) is 0. The van der Waals surface area contributed by atoms with Gasteiger partial charge in [-0.25, -0.2) is 0 Å². The predicted molar refractivity (Wildman–Crippen MR) is 68.7 cm³/mol. The smallest absolute Gasteiger partial charge is 0.237 e. The van der Waals surface area contributed by atoms with E-state index in [1.54, 1.807) is 0 Å². The van der Waals surface area contributed by atoms with E-state index in [1.807, 2.05) is 6.92 Å². The Labute approximate surface area is 104 Å². The normalized spacial score (nSPS) is 26.5. The molecule has 3 atom stereocenters. The number of aliphatic hydroxyl groups excluding tert-OH is 1. The third-order valence-corrected chi connectivity index (χ3v) is 3.54. The minimum absolute atomic E-state index is 0.0148. The van der Waals surface area contributed by atoms with Crippen LogP contribution in [0.1, 0.15) is 39.5 Å². The van der Waals surface area contributed by atoms with Gasteiger partial charge in [-0.15, -0.1) is 0 Å². The summed E-state index contributed by atoms with van der Waals surface area (Å²) in [5, 5.41) is 15.1. The van der Waals surface area contributed by atoms with Crippen molar-refractivity contribution in [3.05, 3.63) is 0 Å². The lowest BCUT2D eigenvalue weighted by Crippen LogP contribution is -2.51. The largest absolute Gasteiger partial charge is 0.396 e. The molecule has 0 aromatic carbocycles. The first-order valence-corrected chi connectivity index (χ1v) is 6.77. The number of hydrogen-bond donors (Lipinski definition) is 3. The highest BCUT2D eigenvalue weighted by Gasteiger charge is 2.26. The van der Waals surface area contributed by atoms with Crippen LogP contribution in [0.3, 0.4) is 0 Å². The summed E-state index contributed by atoms with van der Waals surface area (Å²) in [4.78, 5) is 11.9. The van der Waals surface area contributed by atoms with Gasteiger partial charge < -0.3 is 15.7 Å². The first-order valence-electron chi connectivity index (χ1n) is 6.77. The van der Waals surface area contributed by atoms with Crippen LogP contribution in [-0.4, -0.2) is 36.8 Å². The van der Waals surface area contributed by atoms with E-state index >= 15 is 0 Å². The molecule has 1 aliphatic rings. The number of rotatable bonds is 6. The summed E-state index contributed by atoms with van der Waals surface area (Å²) in [5.74, 6) is 0.896. The summed E-state index contributed by atoms with van der Waals surface area (Å²) in [6.45, 7) is 6.05. The van der Waals surface area contributed by atoms with Gasteiger partial charge in [0.2, 0.25) is 5.91 Å². The van der Waals surface area contributed by atoms with Crippen molar-refractivity contribution in [3.8, 4) is 0 Å². The van der Waals surface area contributed by atoms with Crippen molar-refractivity contribution >= 4 is 5.91 Å². The number of nitrogens with one attached hydrogen (secondary N) is 2. The number of aliphatic hydroxyl groups is 1. The Morgan fingerprint density at radius 1 is 1.59 bits per heavy atom. The minimum Gasteiger partial charge on any atom is -0.396 e. The van der Waals surface area contributed by atoms with Crippen LogP contribution in [0, 0.1) is 11.8 Å². The van der Waals surface area contributed by atoms with Crippen molar-refractivity contribution in [2.45, 2.75) is 45.6 Å². The van der Waals surface area contributed by atoms with Crippen LogP contribution in [-0.2, 0) is 4.79 Å². The van der Waals surface area contributed by atoms with Crippen molar-refractivity contribution in [1.82, 2.24) is 10.6 Å². The molecule has 0 aromatic heterocycles. The Morgan fingerprint density at radius 3 is 3.00 bits per heavy atom. The molecule has 3 N–H and O–H groups in total. The summed E-state index contributed by atoms with van der Waals surface area (Å²) in [6, 6.07) is -0.0148. The molecule has 1 fully saturated rings. The van der Waals surface area contributed by atoms with Crippen molar-refractivity contribution < 1.29 is 9.90 Å². The van der Waals surface area contributed by atoms with Crippen molar-refractivity contribution in [2.24, 2.45) is 11.8 Å². The van der Waals surface area contributed by atoms with Gasteiger partial charge >= 0.3 is 0 Å². The van der Waals surface area contributed by atoms with Gasteiger partial charge in [0.05, 0.1) is 6.04 Å². The highest BCUT2D eigenvalue weighted by Crippen LogP contribution is 2.15. The lowest BCUT2D eigenvalue weighted by Gasteiger charge is -2.29. The standard InChI is InChI=1S/C13H26N2O2/c1-10(9-16)5-3-8-15-13(17)12-11(2)6-4-7-14-12/h10-12,14,16H,3-9H2,1-2H3,(H,15,17). The molecule has 1 aliphatic heterocycles. The van der Waals surface area contributed by atoms with E-state index in [-0.39, 0.29) is 18.6 Å². The lowest BCUT2D eigenvalue weighted by atomic mass is 9.92. The van der Waals surface area contributed by atoms with Crippen LogP contribution < -0.4 is 10.6 Å². The average molecular weight is 242 g/mol. The maximum Gasteiger partial charge on any atom is 0.237 e. The molecule has 3 unspecified atom stereocenters. The quantitative estimate of drug-likeness (QED) is 0.606. The molecule has 4 heteroatoms. The van der Waals surface area contributed by atoms with Crippen molar-refractivity contribution in [2.75, 3.05) is 19.7 Å². The molecular formula is C13H26N2O2. The molecule has 1 heterocycles. The van der Waals surface area contributed by atoms with E-state index in [2.05, 4.69) is 17.6 Å². The average Bonchev–Trinajstić information content (AvgIpc) is 2.34. The molecule has 0 aromatic rings. The molecule has 0 aliphatic carbocycles. The summed E-state index contributed by atoms with van der Waals surface area (Å²) < 4.78 is 0. The number of amides is 1. The molecule has 0 saturated carbocycles. The van der Waals surface area contributed by atoms with E-state index in [9.17, 15) is 4.79 Å². The Morgan fingerprint density at radius 2 is 2.35 bits per heavy atom. The predicted octanol–water partition coefficient (Wildman–Crippen LogP) is 0.899. The van der Waals surface area contributed by atoms with Crippen LogP contribution in [0.5, 0.6) is 0 Å². The van der Waals surface area contributed by atoms with E-state index in [1.165, 1.54) is 6.42 Å². The lowest BCUT2D eigenvalue weighted by molar-refractivity contribution is -0.124. The molecule has 0 bridgehead atoms. The van der Waals surface area contributed by atoms with Gasteiger partial charge in [-0.1, -0.05) is 13.8 Å². The number of piperidine rings is 1. The fraction of sp³-hybridized carbons (Fsp3) is 0.923. The van der Waals surface area contributed by atoms with Gasteiger partial charge in [0.1, 0.15) is 0 Å². The Kier molecular flexibility index (Phi) is 6.52. The number of carbonyl (C=O) groups is 1. The van der Waals surface area contributed by atoms with Crippen LogP contribution in [0.15, 0.2) is 0 Å². The topological polar surface area (TPSA) is 61.4 Å². The Balaban J connectivity index is 2.15. The summed E-state index contributed by atoms with van der Waals surface area (Å²) in [6.07, 6.45) is 4.20. The van der Waals surface area contributed by atoms with Crippen molar-refractivity contribution in [1.29, 1.82) is 0 Å². The van der Waals surface area contributed by atoms with Gasteiger partial charge in [-0.2, -0.15) is 0 Å². The molecule has 17 heavy (non-hydrogen) atoms. The molecule has 4 nitrogen and oxygen atoms in total. The van der Waals surface area contributed by atoms with E-state index in [4.69, 9.17) is 5.11 Å². The number of hydrogen-bond acceptors (Lipinski definition) is 3. The monoisotopic (exact) mass is 242 g/mol. The maximum atomic E-state index is 11.9. The molecular weight excluding hydrogens is 216 g/mol. The molecule has 0 spiro atoms. The first kappa shape index (κ1) is 14.5. The highest BCUT2D eigenvalue weighted by molar-refractivity contribution is 5.82. The fourth-order valence-electron chi connectivity index (χ4n) is 2.26. The van der Waals surface area contributed by atoms with Gasteiger partial charge in [0, 0.05) is 13.2 Å². The van der Waals surface area contributed by atoms with Crippen LogP contribution in [0.4, 0.5) is 0 Å². The Hall–Kier alpha value is -0.610. The second-order valence-corrected chi connectivity index (χ2v) is 5.27. The Bertz CT molecular complexity index is 233. The van der Waals surface area contributed by atoms with E-state index in [0.29, 0.717) is 18.4 Å². The minimum atomic E-state index is -0.0148.